The van der Waals surface area contributed by atoms with E-state index in [0.29, 0.717) is 56.7 Å². The summed E-state index contributed by atoms with van der Waals surface area (Å²) in [6.45, 7) is 6.88. The van der Waals surface area contributed by atoms with Crippen LogP contribution in [0.25, 0.3) is 0 Å². The number of likely N-dealkylation sites (tertiary alicyclic amines) is 3. The molecule has 2 aromatic rings. The van der Waals surface area contributed by atoms with Gasteiger partial charge in [-0.1, -0.05) is 30.3 Å². The van der Waals surface area contributed by atoms with Gasteiger partial charge >= 0.3 is 12.1 Å². The summed E-state index contributed by atoms with van der Waals surface area (Å²) in [5, 5.41) is 13.5. The molecule has 0 spiro atoms. The molecule has 2 aromatic carbocycles. The van der Waals surface area contributed by atoms with Crippen molar-refractivity contribution in [2.45, 2.75) is 89.4 Å². The number of phenols is 1. The predicted octanol–water partition coefficient (Wildman–Crippen LogP) is 3.89. The van der Waals surface area contributed by atoms with Gasteiger partial charge in [-0.05, 0) is 93.7 Å². The maximum Gasteiger partial charge on any atom is 0.410 e. The number of aryl methyl sites for hydroxylation is 2. The molecule has 2 N–H and O–H groups in total. The number of nitrogens with zero attached hydrogens (tertiary/aromatic N) is 4. The van der Waals surface area contributed by atoms with E-state index in [1.807, 2.05) is 56.1 Å². The molecule has 12 heteroatoms. The Morgan fingerprint density at radius 3 is 2.28 bits per heavy atom. The summed E-state index contributed by atoms with van der Waals surface area (Å²) in [5.41, 5.74) is 4.38. The van der Waals surface area contributed by atoms with Crippen molar-refractivity contribution < 1.29 is 33.8 Å². The molecule has 0 unspecified atom stereocenters. The van der Waals surface area contributed by atoms with E-state index < -0.39 is 12.2 Å². The molecule has 3 heterocycles. The van der Waals surface area contributed by atoms with Crippen molar-refractivity contribution in [2.75, 3.05) is 58.7 Å². The van der Waals surface area contributed by atoms with Gasteiger partial charge in [0.1, 0.15) is 11.8 Å². The molecule has 0 aliphatic carbocycles. The smallest absolute Gasteiger partial charge is 0.410 e. The van der Waals surface area contributed by atoms with Gasteiger partial charge in [-0.2, -0.15) is 0 Å². The average molecular weight is 692 g/mol. The molecule has 3 aliphatic rings. The van der Waals surface area contributed by atoms with E-state index in [0.717, 1.165) is 61.9 Å². The number of phenolic OH excluding ortho intramolecular Hbond substituents is 1. The molecule has 12 nitrogen and oxygen atoms in total. The summed E-state index contributed by atoms with van der Waals surface area (Å²) in [5.74, 6) is -0.234. The number of nitrogens with one attached hydrogen (secondary N) is 1. The highest BCUT2D eigenvalue weighted by molar-refractivity contribution is 5.84. The summed E-state index contributed by atoms with van der Waals surface area (Å²) < 4.78 is 11.1. The Bertz CT molecular complexity index is 1480. The van der Waals surface area contributed by atoms with Gasteiger partial charge in [-0.3, -0.25) is 19.3 Å². The van der Waals surface area contributed by atoms with Crippen molar-refractivity contribution in [3.63, 3.8) is 0 Å². The van der Waals surface area contributed by atoms with Crippen LogP contribution in [0.15, 0.2) is 36.4 Å². The molecular formula is C38H53N5O7. The molecule has 0 bridgehead atoms. The lowest BCUT2D eigenvalue weighted by molar-refractivity contribution is -0.148. The zero-order valence-corrected chi connectivity index (χ0v) is 29.9. The van der Waals surface area contributed by atoms with Crippen LogP contribution in [0.5, 0.6) is 5.75 Å². The lowest BCUT2D eigenvalue weighted by Crippen LogP contribution is -2.53. The fraction of sp³-hybridized carbons (Fsp3) is 0.579. The van der Waals surface area contributed by atoms with Crippen molar-refractivity contribution in [1.29, 1.82) is 0 Å². The second-order valence-electron chi connectivity index (χ2n) is 13.8. The lowest BCUT2D eigenvalue weighted by Gasteiger charge is -2.40. The van der Waals surface area contributed by atoms with Crippen LogP contribution in [0.1, 0.15) is 60.8 Å². The van der Waals surface area contributed by atoms with Crippen LogP contribution in [-0.4, -0.2) is 127 Å². The molecule has 0 aromatic heterocycles. The average Bonchev–Trinajstić information content (AvgIpc) is 3.64. The first-order valence-electron chi connectivity index (χ1n) is 18.0. The third-order valence-corrected chi connectivity index (χ3v) is 10.8. The molecule has 0 radical (unpaired) electrons. The van der Waals surface area contributed by atoms with Crippen LogP contribution in [-0.2, 0) is 36.7 Å². The lowest BCUT2D eigenvalue weighted by atomic mass is 9.98. The van der Waals surface area contributed by atoms with Gasteiger partial charge in [0, 0.05) is 64.0 Å². The van der Waals surface area contributed by atoms with Gasteiger partial charge in [0.25, 0.3) is 5.91 Å². The third kappa shape index (κ3) is 8.69. The maximum absolute atomic E-state index is 14.1. The van der Waals surface area contributed by atoms with Gasteiger partial charge in [0.05, 0.1) is 7.11 Å². The Balaban J connectivity index is 1.21. The number of esters is 1. The molecule has 3 fully saturated rings. The van der Waals surface area contributed by atoms with Gasteiger partial charge in [-0.15, -0.1) is 0 Å². The van der Waals surface area contributed by atoms with E-state index in [9.17, 15) is 24.3 Å². The first kappa shape index (κ1) is 36.9. The zero-order valence-electron chi connectivity index (χ0n) is 29.9. The Morgan fingerprint density at radius 2 is 1.64 bits per heavy atom. The molecule has 3 aliphatic heterocycles. The quantitative estimate of drug-likeness (QED) is 0.251. The van der Waals surface area contributed by atoms with Gasteiger partial charge < -0.3 is 34.6 Å². The monoisotopic (exact) mass is 691 g/mol. The number of rotatable bonds is 12. The predicted molar refractivity (Wildman–Crippen MR) is 190 cm³/mol. The second kappa shape index (κ2) is 17.1. The molecule has 5 rings (SSSR count). The van der Waals surface area contributed by atoms with Gasteiger partial charge in [-0.25, -0.2) is 4.79 Å². The summed E-state index contributed by atoms with van der Waals surface area (Å²) in [7, 11) is 3.31. The van der Waals surface area contributed by atoms with Crippen LogP contribution in [0.2, 0.25) is 0 Å². The van der Waals surface area contributed by atoms with Crippen molar-refractivity contribution in [2.24, 2.45) is 0 Å². The molecule has 50 heavy (non-hydrogen) atoms. The van der Waals surface area contributed by atoms with Crippen LogP contribution in [0.3, 0.4) is 0 Å². The van der Waals surface area contributed by atoms with Crippen molar-refractivity contribution >= 4 is 30.1 Å². The number of para-hydroxylation sites is 1. The number of methoxy groups -OCH3 is 1. The fourth-order valence-electron chi connectivity index (χ4n) is 7.92. The summed E-state index contributed by atoms with van der Waals surface area (Å²) in [4.78, 5) is 59.6. The Morgan fingerprint density at radius 1 is 0.980 bits per heavy atom. The van der Waals surface area contributed by atoms with Gasteiger partial charge in [0.2, 0.25) is 6.41 Å². The minimum atomic E-state index is -1.03. The van der Waals surface area contributed by atoms with E-state index in [1.54, 1.807) is 9.80 Å². The van der Waals surface area contributed by atoms with Crippen LogP contribution in [0, 0.1) is 13.8 Å². The van der Waals surface area contributed by atoms with E-state index in [2.05, 4.69) is 16.3 Å². The van der Waals surface area contributed by atoms with E-state index in [1.165, 1.54) is 7.11 Å². The largest absolute Gasteiger partial charge is 0.507 e. The highest BCUT2D eigenvalue weighted by atomic mass is 16.6. The van der Waals surface area contributed by atoms with Gasteiger partial charge in [0.15, 0.2) is 6.10 Å². The third-order valence-electron chi connectivity index (χ3n) is 10.8. The van der Waals surface area contributed by atoms with E-state index >= 15 is 0 Å². The fourth-order valence-corrected chi connectivity index (χ4v) is 7.92. The molecule has 3 saturated heterocycles. The second-order valence-corrected chi connectivity index (χ2v) is 13.8. The van der Waals surface area contributed by atoms with E-state index in [4.69, 9.17) is 9.47 Å². The van der Waals surface area contributed by atoms with Crippen molar-refractivity contribution in [3.05, 3.63) is 58.7 Å². The number of hydrogen-bond donors (Lipinski definition) is 2. The molecule has 2 atom stereocenters. The van der Waals surface area contributed by atoms with Crippen molar-refractivity contribution in [3.8, 4) is 5.75 Å². The number of benzene rings is 2. The number of amides is 3. The number of hydrogen-bond acceptors (Lipinski definition) is 9. The summed E-state index contributed by atoms with van der Waals surface area (Å²) in [6.07, 6.45) is 4.64. The Kier molecular flexibility index (Phi) is 12.6. The first-order valence-corrected chi connectivity index (χ1v) is 18.0. The number of anilines is 1. The molecular weight excluding hydrogens is 638 g/mol. The number of carbonyl (C=O) groups excluding carboxylic acids is 4. The standard InChI is InChI=1S/C38H53N5O7/c1-26-22-28(23-27(2)35(26)45)24-34(36(46)40-18-14-31(15-19-40)43-16-7-10-33(43)37(47)49-4)50-38(48)41-20-12-30(13-21-41)42(25-44)17-11-29-8-5-6-9-32(29)39-3/h5-6,8-9,22-23,25,30-31,33-34,39,45H,7,10-21,24H2,1-4H3/t33-,34+/m0/s1. The molecule has 0 saturated carbocycles. The van der Waals surface area contributed by atoms with Crippen LogP contribution in [0.4, 0.5) is 10.5 Å². The maximum atomic E-state index is 14.1. The number of piperidine rings is 2. The number of ether oxygens (including phenoxy) is 2. The van der Waals surface area contributed by atoms with Crippen molar-refractivity contribution in [1.82, 2.24) is 19.6 Å². The zero-order chi connectivity index (χ0) is 35.8. The Hall–Kier alpha value is -4.32. The number of carbonyl (C=O) groups is 4. The molecule has 272 valence electrons. The normalized spacial score (nSPS) is 19.6. The number of aromatic hydroxyl groups is 1. The highest BCUT2D eigenvalue weighted by Crippen LogP contribution is 2.29. The van der Waals surface area contributed by atoms with Crippen LogP contribution < -0.4 is 5.32 Å². The Labute approximate surface area is 295 Å². The molecule has 3 amide bonds. The summed E-state index contributed by atoms with van der Waals surface area (Å²) >= 11 is 0. The minimum absolute atomic E-state index is 0.00866. The first-order chi connectivity index (χ1) is 24.1. The highest BCUT2D eigenvalue weighted by Gasteiger charge is 2.39. The minimum Gasteiger partial charge on any atom is -0.507 e. The summed E-state index contributed by atoms with van der Waals surface area (Å²) in [6, 6.07) is 11.7. The SMILES string of the molecule is CNc1ccccc1CCN(C=O)C1CCN(C(=O)O[C@H](Cc2cc(C)c(O)c(C)c2)C(=O)N2CCC(N3CCC[C@H]3C(=O)OC)CC2)CC1. The van der Waals surface area contributed by atoms with E-state index in [-0.39, 0.29) is 42.2 Å². The topological polar surface area (TPSA) is 132 Å². The van der Waals surface area contributed by atoms with Crippen LogP contribution >= 0.6 is 0 Å².